The van der Waals surface area contributed by atoms with Crippen LogP contribution in [0.15, 0.2) is 28.7 Å². The van der Waals surface area contributed by atoms with Crippen LogP contribution in [0, 0.1) is 12.7 Å². The van der Waals surface area contributed by atoms with Crippen molar-refractivity contribution in [1.29, 1.82) is 0 Å². The Kier molecular flexibility index (Phi) is 2.78. The molecule has 17 heavy (non-hydrogen) atoms. The number of benzene rings is 1. The molecular formula is C11H9FN2O3. The highest BCUT2D eigenvalue weighted by molar-refractivity contribution is 5.85. The third-order valence-electron chi connectivity index (χ3n) is 2.11. The van der Waals surface area contributed by atoms with Crippen LogP contribution in [0.25, 0.3) is 0 Å². The van der Waals surface area contributed by atoms with Gasteiger partial charge < -0.3 is 14.8 Å². The van der Waals surface area contributed by atoms with Gasteiger partial charge in [0.1, 0.15) is 5.82 Å². The van der Waals surface area contributed by atoms with Crippen molar-refractivity contribution in [2.75, 3.05) is 5.32 Å². The lowest BCUT2D eigenvalue weighted by molar-refractivity contribution is 0.0662. The predicted molar refractivity (Wildman–Crippen MR) is 57.9 cm³/mol. The van der Waals surface area contributed by atoms with Crippen molar-refractivity contribution in [2.45, 2.75) is 6.92 Å². The molecule has 5 nitrogen and oxygen atoms in total. The Morgan fingerprint density at radius 3 is 2.76 bits per heavy atom. The van der Waals surface area contributed by atoms with E-state index in [9.17, 15) is 9.18 Å². The van der Waals surface area contributed by atoms with E-state index in [2.05, 4.69) is 10.3 Å². The third-order valence-corrected chi connectivity index (χ3v) is 2.11. The van der Waals surface area contributed by atoms with E-state index >= 15 is 0 Å². The second-order valence-corrected chi connectivity index (χ2v) is 3.34. The zero-order chi connectivity index (χ0) is 12.4. The summed E-state index contributed by atoms with van der Waals surface area (Å²) in [5.41, 5.74) is 0.405. The number of rotatable bonds is 3. The Hall–Kier alpha value is -2.37. The molecule has 0 radical (unpaired) electrons. The molecule has 0 unspecified atom stereocenters. The molecule has 1 heterocycles. The molecule has 0 fully saturated rings. The molecule has 2 rings (SSSR count). The number of nitrogens with zero attached hydrogens (tertiary/aromatic N) is 1. The van der Waals surface area contributed by atoms with Gasteiger partial charge in [-0.15, -0.1) is 0 Å². The van der Waals surface area contributed by atoms with Crippen LogP contribution < -0.4 is 5.32 Å². The number of carboxylic acids is 1. The predicted octanol–water partition coefficient (Wildman–Crippen LogP) is 2.56. The van der Waals surface area contributed by atoms with Gasteiger partial charge in [-0.2, -0.15) is 4.98 Å². The van der Waals surface area contributed by atoms with Crippen molar-refractivity contribution in [1.82, 2.24) is 4.98 Å². The maximum atomic E-state index is 13.3. The second-order valence-electron chi connectivity index (χ2n) is 3.34. The van der Waals surface area contributed by atoms with E-state index in [4.69, 9.17) is 9.52 Å². The van der Waals surface area contributed by atoms with Crippen LogP contribution in [-0.2, 0) is 0 Å². The minimum atomic E-state index is -1.21. The molecule has 1 aromatic carbocycles. The lowest BCUT2D eigenvalue weighted by atomic mass is 10.3. The van der Waals surface area contributed by atoms with Crippen LogP contribution in [-0.4, -0.2) is 16.1 Å². The van der Waals surface area contributed by atoms with Gasteiger partial charge in [0.25, 0.3) is 6.01 Å². The summed E-state index contributed by atoms with van der Waals surface area (Å²) in [4.78, 5) is 14.6. The van der Waals surface area contributed by atoms with Gasteiger partial charge in [0.2, 0.25) is 5.76 Å². The number of hydrogen-bond donors (Lipinski definition) is 2. The summed E-state index contributed by atoms with van der Waals surface area (Å²) >= 11 is 0. The number of nitrogens with one attached hydrogen (secondary N) is 1. The smallest absolute Gasteiger partial charge is 0.373 e. The van der Waals surface area contributed by atoms with Crippen molar-refractivity contribution in [3.8, 4) is 0 Å². The Bertz CT molecular complexity index is 566. The summed E-state index contributed by atoms with van der Waals surface area (Å²) in [6.45, 7) is 1.50. The monoisotopic (exact) mass is 236 g/mol. The molecule has 0 spiro atoms. The first-order valence-corrected chi connectivity index (χ1v) is 4.80. The summed E-state index contributed by atoms with van der Waals surface area (Å²) in [6, 6.07) is 5.90. The van der Waals surface area contributed by atoms with Gasteiger partial charge in [0, 0.05) is 0 Å². The zero-order valence-corrected chi connectivity index (χ0v) is 8.90. The quantitative estimate of drug-likeness (QED) is 0.856. The first-order valence-electron chi connectivity index (χ1n) is 4.80. The molecule has 2 N–H and O–H groups in total. The van der Waals surface area contributed by atoms with Crippen LogP contribution in [0.1, 0.15) is 16.2 Å². The number of aryl methyl sites for hydroxylation is 1. The lowest BCUT2D eigenvalue weighted by Gasteiger charge is -2.01. The van der Waals surface area contributed by atoms with Crippen molar-refractivity contribution >= 4 is 17.7 Å². The van der Waals surface area contributed by atoms with Crippen molar-refractivity contribution in [2.24, 2.45) is 0 Å². The summed E-state index contributed by atoms with van der Waals surface area (Å²) < 4.78 is 18.2. The van der Waals surface area contributed by atoms with E-state index in [1.807, 2.05) is 0 Å². The molecule has 0 bridgehead atoms. The largest absolute Gasteiger partial charge is 0.475 e. The number of aromatic nitrogens is 1. The number of oxazole rings is 1. The number of carbonyl (C=O) groups is 1. The summed E-state index contributed by atoms with van der Waals surface area (Å²) in [6.07, 6.45) is 0. The van der Waals surface area contributed by atoms with E-state index < -0.39 is 11.8 Å². The van der Waals surface area contributed by atoms with E-state index in [0.29, 0.717) is 0 Å². The number of carboxylic acid groups (broad SMARTS) is 1. The molecule has 0 aliphatic rings. The Morgan fingerprint density at radius 2 is 2.18 bits per heavy atom. The normalized spacial score (nSPS) is 10.2. The fourth-order valence-corrected chi connectivity index (χ4v) is 1.33. The lowest BCUT2D eigenvalue weighted by Crippen LogP contribution is -1.95. The number of anilines is 2. The van der Waals surface area contributed by atoms with Crippen LogP contribution in [0.4, 0.5) is 16.1 Å². The molecule has 88 valence electrons. The Morgan fingerprint density at radius 1 is 1.47 bits per heavy atom. The van der Waals surface area contributed by atoms with E-state index in [1.165, 1.54) is 19.1 Å². The van der Waals surface area contributed by atoms with Gasteiger partial charge in [0.15, 0.2) is 0 Å². The molecule has 0 aliphatic carbocycles. The molecule has 0 atom stereocenters. The van der Waals surface area contributed by atoms with E-state index in [1.54, 1.807) is 12.1 Å². The van der Waals surface area contributed by atoms with Crippen LogP contribution in [0.3, 0.4) is 0 Å². The Balaban J connectivity index is 2.28. The van der Waals surface area contributed by atoms with Crippen LogP contribution >= 0.6 is 0 Å². The van der Waals surface area contributed by atoms with Gasteiger partial charge >= 0.3 is 5.97 Å². The van der Waals surface area contributed by atoms with Crippen molar-refractivity contribution in [3.05, 3.63) is 41.5 Å². The van der Waals surface area contributed by atoms with Crippen LogP contribution in [0.2, 0.25) is 0 Å². The highest BCUT2D eigenvalue weighted by Crippen LogP contribution is 2.21. The van der Waals surface area contributed by atoms with E-state index in [-0.39, 0.29) is 23.2 Å². The first kappa shape index (κ1) is 11.1. The third kappa shape index (κ3) is 2.25. The molecule has 1 aromatic heterocycles. The average Bonchev–Trinajstić information content (AvgIpc) is 2.63. The van der Waals surface area contributed by atoms with Gasteiger partial charge in [-0.25, -0.2) is 9.18 Å². The molecule has 0 aliphatic heterocycles. The average molecular weight is 236 g/mol. The number of aromatic carboxylic acids is 1. The highest BCUT2D eigenvalue weighted by Gasteiger charge is 2.16. The minimum Gasteiger partial charge on any atom is -0.475 e. The van der Waals surface area contributed by atoms with E-state index in [0.717, 1.165) is 0 Å². The SMILES string of the molecule is Cc1nc(Nc2ccccc2F)oc1C(=O)O. The zero-order valence-electron chi connectivity index (χ0n) is 8.90. The fraction of sp³-hybridized carbons (Fsp3) is 0.0909. The summed E-state index contributed by atoms with van der Waals surface area (Å²) in [5.74, 6) is -1.94. The van der Waals surface area contributed by atoms with Gasteiger partial charge in [-0.1, -0.05) is 12.1 Å². The highest BCUT2D eigenvalue weighted by atomic mass is 19.1. The molecule has 0 saturated heterocycles. The van der Waals surface area contributed by atoms with Crippen molar-refractivity contribution < 1.29 is 18.7 Å². The second kappa shape index (κ2) is 4.25. The van der Waals surface area contributed by atoms with Gasteiger partial charge in [-0.3, -0.25) is 0 Å². The fourth-order valence-electron chi connectivity index (χ4n) is 1.33. The van der Waals surface area contributed by atoms with Gasteiger partial charge in [-0.05, 0) is 19.1 Å². The molecule has 2 aromatic rings. The molecule has 6 heteroatoms. The summed E-state index contributed by atoms with van der Waals surface area (Å²) in [7, 11) is 0. The minimum absolute atomic E-state index is 0.0509. The van der Waals surface area contributed by atoms with Crippen molar-refractivity contribution in [3.63, 3.8) is 0 Å². The van der Waals surface area contributed by atoms with Crippen LogP contribution in [0.5, 0.6) is 0 Å². The van der Waals surface area contributed by atoms with Gasteiger partial charge in [0.05, 0.1) is 11.4 Å². The first-order chi connectivity index (χ1) is 8.08. The number of halogens is 1. The molecule has 0 amide bonds. The standard InChI is InChI=1S/C11H9FN2O3/c1-6-9(10(15)16)17-11(13-6)14-8-5-3-2-4-7(8)12/h2-5H,1H3,(H,13,14)(H,15,16). The number of hydrogen-bond acceptors (Lipinski definition) is 4. The molecular weight excluding hydrogens is 227 g/mol. The Labute approximate surface area is 95.9 Å². The molecule has 0 saturated carbocycles. The maximum absolute atomic E-state index is 13.3. The number of para-hydroxylation sites is 1. The summed E-state index contributed by atoms with van der Waals surface area (Å²) in [5, 5.41) is 11.3. The topological polar surface area (TPSA) is 75.4 Å². The maximum Gasteiger partial charge on any atom is 0.373 e.